The van der Waals surface area contributed by atoms with Crippen LogP contribution in [0.2, 0.25) is 0 Å². The number of ether oxygens (including phenoxy) is 1. The highest BCUT2D eigenvalue weighted by Crippen LogP contribution is 2.31. The van der Waals surface area contributed by atoms with Gasteiger partial charge in [0.1, 0.15) is 21.4 Å². The number of hydrogen-bond acceptors (Lipinski definition) is 9. The van der Waals surface area contributed by atoms with Crippen LogP contribution in [0.15, 0.2) is 76.5 Å². The molecular weight excluding hydrogens is 548 g/mol. The van der Waals surface area contributed by atoms with E-state index in [9.17, 15) is 16.8 Å². The molecule has 4 aromatic rings. The molecule has 0 amide bonds. The van der Waals surface area contributed by atoms with Gasteiger partial charge in [-0.2, -0.15) is 0 Å². The largest absolute Gasteiger partial charge is 0.496 e. The summed E-state index contributed by atoms with van der Waals surface area (Å²) in [6.07, 6.45) is 3.79. The molecule has 1 heterocycles. The molecule has 0 saturated carbocycles. The molecule has 0 aliphatic rings. The number of methoxy groups -OCH3 is 1. The van der Waals surface area contributed by atoms with E-state index in [-0.39, 0.29) is 15.5 Å². The van der Waals surface area contributed by atoms with Gasteiger partial charge in [-0.25, -0.2) is 26.8 Å². The van der Waals surface area contributed by atoms with E-state index in [4.69, 9.17) is 15.5 Å². The fourth-order valence-electron chi connectivity index (χ4n) is 4.39. The minimum absolute atomic E-state index is 0.150. The number of fused-ring (bicyclic) bond motifs is 1. The van der Waals surface area contributed by atoms with Gasteiger partial charge in [0.15, 0.2) is 5.82 Å². The SMILES string of the molecule is COc1cc2c(N)nc(-c3ccc(S(=O)(=O)c4ccccc4)cc3)nc2cc1CCCCN(C)CCS(C)(=O)=O. The van der Waals surface area contributed by atoms with Crippen LogP contribution in [0.1, 0.15) is 18.4 Å². The summed E-state index contributed by atoms with van der Waals surface area (Å²) in [5, 5.41) is 0.674. The van der Waals surface area contributed by atoms with Crippen molar-refractivity contribution in [2.75, 3.05) is 45.0 Å². The average molecular weight is 583 g/mol. The molecule has 0 aliphatic carbocycles. The number of anilines is 1. The molecule has 0 atom stereocenters. The summed E-state index contributed by atoms with van der Waals surface area (Å²) in [4.78, 5) is 11.6. The molecular formula is C29H34N4O5S2. The third-order valence-electron chi connectivity index (χ3n) is 6.68. The van der Waals surface area contributed by atoms with E-state index in [0.29, 0.717) is 40.4 Å². The van der Waals surface area contributed by atoms with Gasteiger partial charge < -0.3 is 15.4 Å². The van der Waals surface area contributed by atoms with Crippen molar-refractivity contribution in [3.8, 4) is 17.1 Å². The Labute approximate surface area is 235 Å². The van der Waals surface area contributed by atoms with Crippen LogP contribution in [-0.4, -0.2) is 71.0 Å². The molecule has 0 saturated heterocycles. The van der Waals surface area contributed by atoms with Gasteiger partial charge in [0.2, 0.25) is 9.84 Å². The third-order valence-corrected chi connectivity index (χ3v) is 9.39. The van der Waals surface area contributed by atoms with Crippen LogP contribution in [-0.2, 0) is 26.1 Å². The van der Waals surface area contributed by atoms with Crippen LogP contribution in [0.4, 0.5) is 5.82 Å². The predicted molar refractivity (Wildman–Crippen MR) is 158 cm³/mol. The van der Waals surface area contributed by atoms with Crippen LogP contribution < -0.4 is 10.5 Å². The van der Waals surface area contributed by atoms with Crippen molar-refractivity contribution in [3.63, 3.8) is 0 Å². The van der Waals surface area contributed by atoms with E-state index >= 15 is 0 Å². The highest BCUT2D eigenvalue weighted by Gasteiger charge is 2.18. The highest BCUT2D eigenvalue weighted by atomic mass is 32.2. The van der Waals surface area contributed by atoms with E-state index in [0.717, 1.165) is 31.4 Å². The molecule has 2 N–H and O–H groups in total. The van der Waals surface area contributed by atoms with Crippen molar-refractivity contribution >= 4 is 36.4 Å². The molecule has 11 heteroatoms. The summed E-state index contributed by atoms with van der Waals surface area (Å²) in [7, 11) is -3.07. The lowest BCUT2D eigenvalue weighted by Crippen LogP contribution is -2.26. The molecule has 3 aromatic carbocycles. The first-order chi connectivity index (χ1) is 19.0. The number of rotatable bonds is 12. The van der Waals surface area contributed by atoms with Gasteiger partial charge in [0, 0.05) is 23.8 Å². The van der Waals surface area contributed by atoms with E-state index in [1.807, 2.05) is 24.1 Å². The van der Waals surface area contributed by atoms with Gasteiger partial charge >= 0.3 is 0 Å². The molecule has 9 nitrogen and oxygen atoms in total. The second-order valence-electron chi connectivity index (χ2n) is 9.84. The summed E-state index contributed by atoms with van der Waals surface area (Å²) in [6, 6.07) is 18.6. The Bertz CT molecular complexity index is 1690. The zero-order chi connectivity index (χ0) is 28.9. The lowest BCUT2D eigenvalue weighted by atomic mass is 10.0. The van der Waals surface area contributed by atoms with Crippen LogP contribution >= 0.6 is 0 Å². The molecule has 0 radical (unpaired) electrons. The Kier molecular flexibility index (Phi) is 9.07. The van der Waals surface area contributed by atoms with Gasteiger partial charge in [0.25, 0.3) is 0 Å². The summed E-state index contributed by atoms with van der Waals surface area (Å²) in [5.74, 6) is 1.56. The lowest BCUT2D eigenvalue weighted by molar-refractivity contribution is 0.343. The minimum Gasteiger partial charge on any atom is -0.496 e. The maximum Gasteiger partial charge on any atom is 0.206 e. The average Bonchev–Trinajstić information content (AvgIpc) is 2.94. The van der Waals surface area contributed by atoms with Crippen molar-refractivity contribution in [1.82, 2.24) is 14.9 Å². The van der Waals surface area contributed by atoms with E-state index in [1.165, 1.54) is 6.26 Å². The number of nitrogens with two attached hydrogens (primary N) is 1. The first kappa shape index (κ1) is 29.4. The quantitative estimate of drug-likeness (QED) is 0.246. The van der Waals surface area contributed by atoms with Crippen LogP contribution in [0.3, 0.4) is 0 Å². The first-order valence-corrected chi connectivity index (χ1v) is 16.4. The fraction of sp³-hybridized carbons (Fsp3) is 0.310. The van der Waals surface area contributed by atoms with Crippen LogP contribution in [0.5, 0.6) is 5.75 Å². The number of aryl methyl sites for hydroxylation is 1. The van der Waals surface area contributed by atoms with Gasteiger partial charge in [0.05, 0.1) is 28.2 Å². The van der Waals surface area contributed by atoms with Gasteiger partial charge in [-0.3, -0.25) is 0 Å². The number of benzene rings is 3. The van der Waals surface area contributed by atoms with E-state index < -0.39 is 19.7 Å². The molecule has 0 unspecified atom stereocenters. The Balaban J connectivity index is 1.52. The Morgan fingerprint density at radius 3 is 2.20 bits per heavy atom. The molecule has 1 aromatic heterocycles. The number of unbranched alkanes of at least 4 members (excludes halogenated alkanes) is 1. The number of hydrogen-bond donors (Lipinski definition) is 1. The maximum absolute atomic E-state index is 12.9. The van der Waals surface area contributed by atoms with Gasteiger partial charge in [-0.15, -0.1) is 0 Å². The predicted octanol–water partition coefficient (Wildman–Crippen LogP) is 4.02. The number of nitrogens with zero attached hydrogens (tertiary/aromatic N) is 3. The Morgan fingerprint density at radius 1 is 0.875 bits per heavy atom. The summed E-state index contributed by atoms with van der Waals surface area (Å²) < 4.78 is 54.3. The molecule has 40 heavy (non-hydrogen) atoms. The van der Waals surface area contributed by atoms with E-state index in [1.54, 1.807) is 61.7 Å². The summed E-state index contributed by atoms with van der Waals surface area (Å²) in [5.41, 5.74) is 8.61. The second kappa shape index (κ2) is 12.3. The summed E-state index contributed by atoms with van der Waals surface area (Å²) in [6.45, 7) is 1.30. The van der Waals surface area contributed by atoms with E-state index in [2.05, 4.69) is 4.98 Å². The molecule has 212 valence electrons. The number of nitrogen functional groups attached to an aromatic ring is 1. The number of sulfone groups is 2. The highest BCUT2D eigenvalue weighted by molar-refractivity contribution is 7.91. The molecule has 4 rings (SSSR count). The normalized spacial score (nSPS) is 12.2. The maximum atomic E-state index is 12.9. The number of aromatic nitrogens is 2. The van der Waals surface area contributed by atoms with Crippen LogP contribution in [0, 0.1) is 0 Å². The fourth-order valence-corrected chi connectivity index (χ4v) is 6.31. The van der Waals surface area contributed by atoms with Crippen molar-refractivity contribution in [1.29, 1.82) is 0 Å². The molecule has 0 spiro atoms. The smallest absolute Gasteiger partial charge is 0.206 e. The third kappa shape index (κ3) is 7.15. The van der Waals surface area contributed by atoms with Crippen molar-refractivity contribution in [2.24, 2.45) is 0 Å². The molecule has 0 bridgehead atoms. The van der Waals surface area contributed by atoms with Gasteiger partial charge in [-0.1, -0.05) is 18.2 Å². The standard InChI is InChI=1S/C29H34N4O5S2/c1-33(17-18-39(3,34)35)16-8-7-9-22-19-26-25(20-27(22)38-2)28(30)32-29(31-26)21-12-14-24(15-13-21)40(36,37)23-10-5-4-6-11-23/h4-6,10-15,19-20H,7-9,16-18H2,1-3H3,(H2,30,31,32). The summed E-state index contributed by atoms with van der Waals surface area (Å²) >= 11 is 0. The Morgan fingerprint density at radius 2 is 1.55 bits per heavy atom. The first-order valence-electron chi connectivity index (χ1n) is 12.9. The monoisotopic (exact) mass is 582 g/mol. The molecule has 0 fully saturated rings. The zero-order valence-electron chi connectivity index (χ0n) is 22.9. The van der Waals surface area contributed by atoms with Crippen molar-refractivity contribution in [2.45, 2.75) is 29.1 Å². The van der Waals surface area contributed by atoms with Crippen molar-refractivity contribution < 1.29 is 21.6 Å². The minimum atomic E-state index is -3.63. The van der Waals surface area contributed by atoms with Crippen molar-refractivity contribution in [3.05, 3.63) is 72.3 Å². The zero-order valence-corrected chi connectivity index (χ0v) is 24.5. The van der Waals surface area contributed by atoms with Gasteiger partial charge in [-0.05, 0) is 86.9 Å². The van der Waals surface area contributed by atoms with Crippen LogP contribution in [0.25, 0.3) is 22.3 Å². The molecule has 0 aliphatic heterocycles. The Hall–Kier alpha value is -3.54. The lowest BCUT2D eigenvalue weighted by Gasteiger charge is -2.16. The second-order valence-corrected chi connectivity index (χ2v) is 14.1. The topological polar surface area (TPSA) is 133 Å².